The number of methoxy groups -OCH3 is 2. The zero-order chi connectivity index (χ0) is 37.1. The zero-order valence-electron chi connectivity index (χ0n) is 29.6. The minimum atomic E-state index is -2.05. The summed E-state index contributed by atoms with van der Waals surface area (Å²) in [7, 11) is -0.406. The average molecular weight is 737 g/mol. The van der Waals surface area contributed by atoms with Crippen LogP contribution in [0.1, 0.15) is 29.3 Å². The van der Waals surface area contributed by atoms with Gasteiger partial charge in [0.1, 0.15) is 40.2 Å². The topological polar surface area (TPSA) is 81.7 Å². The van der Waals surface area contributed by atoms with Gasteiger partial charge in [0.25, 0.3) is 8.38 Å². The van der Waals surface area contributed by atoms with E-state index < -0.39 is 17.0 Å². The molecule has 0 aliphatic rings. The van der Waals surface area contributed by atoms with Gasteiger partial charge in [-0.05, 0) is 74.0 Å². The number of para-hydroxylation sites is 3. The number of allylic oxidation sites excluding steroid dienone is 4. The fourth-order valence-corrected chi connectivity index (χ4v) is 6.25. The predicted molar refractivity (Wildman–Crippen MR) is 210 cm³/mol. The number of benzene rings is 5. The van der Waals surface area contributed by atoms with Gasteiger partial charge in [0.2, 0.25) is 5.78 Å². The Morgan fingerprint density at radius 1 is 0.615 bits per heavy atom. The standard InChI is InChI=1S/C34H30O8P2.C8H12/c1-36-28-19-21-30(32(23-28)41-43(3)38-25-13-7-4-8-14-25)34(35)31-22-20-29(37-2)24-33(31)42-44(39-26-15-9-5-10-16-26)40-27-17-11-6-12-18-27;1-4-5-6-7-8(2)3/h4-24H,1-3H3;4-6H,1-2,7H2,3H3. The summed E-state index contributed by atoms with van der Waals surface area (Å²) < 4.78 is 41.6. The maximum absolute atomic E-state index is 14.2. The number of hydrogen-bond acceptors (Lipinski definition) is 8. The summed E-state index contributed by atoms with van der Waals surface area (Å²) in [4.78, 5) is 14.2. The van der Waals surface area contributed by atoms with Gasteiger partial charge in [-0.25, -0.2) is 0 Å². The fraction of sp³-hybridized carbons (Fsp3) is 0.119. The van der Waals surface area contributed by atoms with E-state index in [1.807, 2.05) is 92.5 Å². The highest BCUT2D eigenvalue weighted by atomic mass is 31.2. The molecule has 0 N–H and O–H groups in total. The molecule has 0 saturated heterocycles. The highest BCUT2D eigenvalue weighted by Crippen LogP contribution is 2.45. The van der Waals surface area contributed by atoms with Crippen LogP contribution < -0.4 is 32.1 Å². The highest BCUT2D eigenvalue weighted by Gasteiger charge is 2.27. The van der Waals surface area contributed by atoms with E-state index in [9.17, 15) is 4.79 Å². The molecule has 0 spiro atoms. The summed E-state index contributed by atoms with van der Waals surface area (Å²) >= 11 is 0. The number of ether oxygens (including phenoxy) is 2. The minimum Gasteiger partial charge on any atom is -0.497 e. The summed E-state index contributed by atoms with van der Waals surface area (Å²) in [6.45, 7) is 11.1. The van der Waals surface area contributed by atoms with Crippen molar-refractivity contribution in [3.05, 3.63) is 175 Å². The lowest BCUT2D eigenvalue weighted by Gasteiger charge is -2.20. The van der Waals surface area contributed by atoms with Gasteiger partial charge in [0.15, 0.2) is 0 Å². The van der Waals surface area contributed by atoms with Crippen molar-refractivity contribution < 1.29 is 36.9 Å². The lowest BCUT2D eigenvalue weighted by Crippen LogP contribution is -2.09. The van der Waals surface area contributed by atoms with E-state index in [2.05, 4.69) is 13.2 Å². The summed E-state index contributed by atoms with van der Waals surface area (Å²) in [5.74, 6) is 2.95. The van der Waals surface area contributed by atoms with Gasteiger partial charge in [-0.2, -0.15) is 0 Å². The molecule has 0 fully saturated rings. The fourth-order valence-electron chi connectivity index (χ4n) is 4.35. The third kappa shape index (κ3) is 12.6. The van der Waals surface area contributed by atoms with Crippen LogP contribution in [0.25, 0.3) is 0 Å². The van der Waals surface area contributed by atoms with Gasteiger partial charge in [0, 0.05) is 18.8 Å². The third-order valence-electron chi connectivity index (χ3n) is 6.83. The maximum Gasteiger partial charge on any atom is 0.530 e. The van der Waals surface area contributed by atoms with E-state index in [-0.39, 0.29) is 17.1 Å². The third-order valence-corrected chi connectivity index (χ3v) is 8.82. The Kier molecular flexibility index (Phi) is 15.8. The van der Waals surface area contributed by atoms with Crippen LogP contribution >= 0.6 is 17.0 Å². The number of ketones is 1. The van der Waals surface area contributed by atoms with E-state index >= 15 is 0 Å². The van der Waals surface area contributed by atoms with E-state index in [0.717, 1.165) is 6.42 Å². The average Bonchev–Trinajstić information content (AvgIpc) is 3.16. The first-order chi connectivity index (χ1) is 25.3. The van der Waals surface area contributed by atoms with Gasteiger partial charge in [-0.15, -0.1) is 0 Å². The number of carbonyl (C=O) groups is 1. The van der Waals surface area contributed by atoms with Crippen molar-refractivity contribution in [1.82, 2.24) is 0 Å². The van der Waals surface area contributed by atoms with Crippen LogP contribution in [-0.2, 0) is 0 Å². The molecule has 52 heavy (non-hydrogen) atoms. The molecule has 0 aliphatic carbocycles. The molecule has 1 atom stereocenters. The normalized spacial score (nSPS) is 11.0. The second-order valence-electron chi connectivity index (χ2n) is 10.9. The van der Waals surface area contributed by atoms with Gasteiger partial charge in [-0.3, -0.25) is 4.79 Å². The van der Waals surface area contributed by atoms with Gasteiger partial charge in [-0.1, -0.05) is 91.6 Å². The van der Waals surface area contributed by atoms with Crippen LogP contribution in [0.4, 0.5) is 0 Å². The SMILES string of the molecule is C=CC=CCC(=C)C.COc1ccc(C(=O)c2ccc(OC)cc2OP(Oc2ccccc2)Oc2ccccc2)c(OP(C)Oc2ccccc2)c1. The second kappa shape index (κ2) is 21.0. The molecule has 0 saturated carbocycles. The number of hydrogen-bond donors (Lipinski definition) is 0. The summed E-state index contributed by atoms with van der Waals surface area (Å²) in [6, 6.07) is 37.7. The van der Waals surface area contributed by atoms with Crippen molar-refractivity contribution >= 4 is 22.8 Å². The summed E-state index contributed by atoms with van der Waals surface area (Å²) in [5.41, 5.74) is 1.73. The monoisotopic (exact) mass is 736 g/mol. The van der Waals surface area contributed by atoms with Crippen LogP contribution in [0.2, 0.25) is 0 Å². The molecule has 0 bridgehead atoms. The zero-order valence-corrected chi connectivity index (χ0v) is 31.4. The van der Waals surface area contributed by atoms with Crippen LogP contribution in [0, 0.1) is 0 Å². The highest BCUT2D eigenvalue weighted by molar-refractivity contribution is 7.47. The largest absolute Gasteiger partial charge is 0.530 e. The Hall–Kier alpha value is -5.55. The molecule has 1 unspecified atom stereocenters. The Bertz CT molecular complexity index is 1860. The first kappa shape index (κ1) is 39.2. The van der Waals surface area contributed by atoms with Crippen molar-refractivity contribution in [2.45, 2.75) is 13.3 Å². The molecule has 10 heteroatoms. The summed E-state index contributed by atoms with van der Waals surface area (Å²) in [6.07, 6.45) is 6.69. The molecule has 5 aromatic carbocycles. The Balaban J connectivity index is 0.000000677. The van der Waals surface area contributed by atoms with Crippen molar-refractivity contribution in [3.8, 4) is 40.2 Å². The van der Waals surface area contributed by atoms with Crippen LogP contribution in [0.5, 0.6) is 40.2 Å². The van der Waals surface area contributed by atoms with E-state index in [1.54, 1.807) is 73.8 Å². The molecule has 5 rings (SSSR count). The van der Waals surface area contributed by atoms with E-state index in [4.69, 9.17) is 32.1 Å². The van der Waals surface area contributed by atoms with Gasteiger partial charge >= 0.3 is 8.60 Å². The van der Waals surface area contributed by atoms with Crippen LogP contribution in [0.3, 0.4) is 0 Å². The molecule has 268 valence electrons. The molecular formula is C42H42O8P2. The molecule has 5 aromatic rings. The maximum atomic E-state index is 14.2. The van der Waals surface area contributed by atoms with E-state index in [1.165, 1.54) is 12.7 Å². The first-order valence-electron chi connectivity index (χ1n) is 16.2. The Morgan fingerprint density at radius 2 is 1.06 bits per heavy atom. The molecule has 0 radical (unpaired) electrons. The Morgan fingerprint density at radius 3 is 1.48 bits per heavy atom. The molecule has 0 heterocycles. The minimum absolute atomic E-state index is 0.216. The van der Waals surface area contributed by atoms with Crippen molar-refractivity contribution in [1.29, 1.82) is 0 Å². The molecule has 0 aromatic heterocycles. The molecule has 8 nitrogen and oxygen atoms in total. The second-order valence-corrected chi connectivity index (χ2v) is 13.2. The Labute approximate surface area is 308 Å². The number of rotatable bonds is 17. The lowest BCUT2D eigenvalue weighted by molar-refractivity contribution is 0.103. The van der Waals surface area contributed by atoms with Gasteiger partial charge < -0.3 is 32.1 Å². The first-order valence-corrected chi connectivity index (χ1v) is 18.9. The van der Waals surface area contributed by atoms with Crippen molar-refractivity contribution in [2.24, 2.45) is 0 Å². The quantitative estimate of drug-likeness (QED) is 0.0404. The van der Waals surface area contributed by atoms with Crippen LogP contribution in [0.15, 0.2) is 164 Å². The number of carbonyl (C=O) groups excluding carboxylic acids is 1. The van der Waals surface area contributed by atoms with Crippen molar-refractivity contribution in [2.75, 3.05) is 20.9 Å². The van der Waals surface area contributed by atoms with E-state index in [0.29, 0.717) is 40.1 Å². The smallest absolute Gasteiger partial charge is 0.497 e. The molecular weight excluding hydrogens is 694 g/mol. The van der Waals surface area contributed by atoms with Gasteiger partial charge in [0.05, 0.1) is 25.3 Å². The van der Waals surface area contributed by atoms with Crippen molar-refractivity contribution in [3.63, 3.8) is 0 Å². The molecule has 0 aliphatic heterocycles. The van der Waals surface area contributed by atoms with Crippen LogP contribution in [-0.4, -0.2) is 26.7 Å². The summed E-state index contributed by atoms with van der Waals surface area (Å²) in [5, 5.41) is 0. The lowest BCUT2D eigenvalue weighted by atomic mass is 10.0. The predicted octanol–water partition coefficient (Wildman–Crippen LogP) is 11.8. The molecule has 0 amide bonds.